The molecule has 2 aromatic heterocycles. The standard InChI is InChI=1S/C21H18N2O2/c1-21(2,3)25-20(24)18-8-6-9-19-17(18)13-12-16(23-19)11-10-15-7-4-5-14-22-15/h4-9,12-14H,1-3H3. The van der Waals surface area contributed by atoms with Crippen molar-refractivity contribution in [3.63, 3.8) is 0 Å². The number of hydrogen-bond donors (Lipinski definition) is 0. The van der Waals surface area contributed by atoms with Crippen LogP contribution in [0.25, 0.3) is 10.9 Å². The van der Waals surface area contributed by atoms with Crippen molar-refractivity contribution in [2.45, 2.75) is 26.4 Å². The molecule has 0 aliphatic carbocycles. The van der Waals surface area contributed by atoms with Crippen molar-refractivity contribution < 1.29 is 9.53 Å². The Bertz CT molecular complexity index is 977. The van der Waals surface area contributed by atoms with Crippen molar-refractivity contribution in [3.8, 4) is 11.8 Å². The minimum absolute atomic E-state index is 0.354. The second kappa shape index (κ2) is 6.74. The fraction of sp³-hybridized carbons (Fsp3) is 0.190. The molecule has 1 aromatic carbocycles. The average molecular weight is 330 g/mol. The van der Waals surface area contributed by atoms with Gasteiger partial charge in [-0.25, -0.2) is 14.8 Å². The topological polar surface area (TPSA) is 52.1 Å². The first-order valence-corrected chi connectivity index (χ1v) is 7.98. The van der Waals surface area contributed by atoms with E-state index < -0.39 is 5.60 Å². The third-order valence-electron chi connectivity index (χ3n) is 3.33. The second-order valence-corrected chi connectivity index (χ2v) is 6.54. The Kier molecular flexibility index (Phi) is 4.49. The molecule has 0 unspecified atom stereocenters. The number of fused-ring (bicyclic) bond motifs is 1. The molecule has 0 radical (unpaired) electrons. The number of aromatic nitrogens is 2. The molecule has 4 nitrogen and oxygen atoms in total. The lowest BCUT2D eigenvalue weighted by molar-refractivity contribution is 0.00718. The van der Waals surface area contributed by atoms with Crippen LogP contribution in [0.5, 0.6) is 0 Å². The summed E-state index contributed by atoms with van der Waals surface area (Å²) in [5.74, 6) is 5.62. The van der Waals surface area contributed by atoms with Crippen molar-refractivity contribution in [1.29, 1.82) is 0 Å². The molecule has 25 heavy (non-hydrogen) atoms. The normalized spacial score (nSPS) is 10.8. The number of nitrogens with zero attached hydrogens (tertiary/aromatic N) is 2. The van der Waals surface area contributed by atoms with Crippen molar-refractivity contribution in [2.75, 3.05) is 0 Å². The number of carbonyl (C=O) groups is 1. The van der Waals surface area contributed by atoms with E-state index in [4.69, 9.17) is 4.74 Å². The third-order valence-corrected chi connectivity index (χ3v) is 3.33. The van der Waals surface area contributed by atoms with E-state index in [2.05, 4.69) is 21.8 Å². The van der Waals surface area contributed by atoms with Crippen molar-refractivity contribution >= 4 is 16.9 Å². The van der Waals surface area contributed by atoms with Crippen LogP contribution in [0.1, 0.15) is 42.5 Å². The molecule has 0 aliphatic rings. The monoisotopic (exact) mass is 330 g/mol. The molecule has 0 aliphatic heterocycles. The third kappa shape index (κ3) is 4.21. The molecule has 2 heterocycles. The quantitative estimate of drug-likeness (QED) is 0.500. The number of rotatable bonds is 1. The largest absolute Gasteiger partial charge is 0.456 e. The van der Waals surface area contributed by atoms with E-state index in [9.17, 15) is 4.79 Å². The molecule has 0 spiro atoms. The summed E-state index contributed by atoms with van der Waals surface area (Å²) in [6.07, 6.45) is 1.70. The second-order valence-electron chi connectivity index (χ2n) is 6.54. The van der Waals surface area contributed by atoms with Crippen molar-refractivity contribution in [1.82, 2.24) is 9.97 Å². The van der Waals surface area contributed by atoms with Crippen LogP contribution in [-0.4, -0.2) is 21.5 Å². The highest BCUT2D eigenvalue weighted by Crippen LogP contribution is 2.20. The van der Waals surface area contributed by atoms with Crippen LogP contribution in [0, 0.1) is 11.8 Å². The van der Waals surface area contributed by atoms with Gasteiger partial charge in [-0.2, -0.15) is 0 Å². The van der Waals surface area contributed by atoms with Crippen LogP contribution < -0.4 is 0 Å². The van der Waals surface area contributed by atoms with Crippen molar-refractivity contribution in [3.05, 3.63) is 71.7 Å². The maximum absolute atomic E-state index is 12.4. The van der Waals surface area contributed by atoms with E-state index in [-0.39, 0.29) is 5.97 Å². The van der Waals surface area contributed by atoms with Crippen LogP contribution in [0.2, 0.25) is 0 Å². The minimum Gasteiger partial charge on any atom is -0.456 e. The fourth-order valence-electron chi connectivity index (χ4n) is 2.30. The Morgan fingerprint density at radius 3 is 2.48 bits per heavy atom. The minimum atomic E-state index is -0.541. The van der Waals surface area contributed by atoms with E-state index >= 15 is 0 Å². The van der Waals surface area contributed by atoms with Gasteiger partial charge in [-0.15, -0.1) is 0 Å². The van der Waals surface area contributed by atoms with E-state index in [1.165, 1.54) is 0 Å². The number of benzene rings is 1. The number of ether oxygens (including phenoxy) is 1. The van der Waals surface area contributed by atoms with Gasteiger partial charge in [0.25, 0.3) is 0 Å². The van der Waals surface area contributed by atoms with Gasteiger partial charge in [0, 0.05) is 11.6 Å². The van der Waals surface area contributed by atoms with Crippen LogP contribution in [0.4, 0.5) is 0 Å². The Labute approximate surface area is 146 Å². The van der Waals surface area contributed by atoms with Crippen LogP contribution in [0.15, 0.2) is 54.7 Å². The fourth-order valence-corrected chi connectivity index (χ4v) is 2.30. The maximum atomic E-state index is 12.4. The van der Waals surface area contributed by atoms with Gasteiger partial charge in [-0.1, -0.05) is 12.1 Å². The van der Waals surface area contributed by atoms with E-state index in [1.807, 2.05) is 51.1 Å². The molecule has 4 heteroatoms. The van der Waals surface area contributed by atoms with Gasteiger partial charge in [0.2, 0.25) is 0 Å². The number of esters is 1. The zero-order valence-electron chi connectivity index (χ0n) is 14.4. The lowest BCUT2D eigenvalue weighted by Crippen LogP contribution is -2.24. The SMILES string of the molecule is CC(C)(C)OC(=O)c1cccc2nc(C#Cc3ccccn3)ccc12. The highest BCUT2D eigenvalue weighted by molar-refractivity contribution is 6.03. The summed E-state index contributed by atoms with van der Waals surface area (Å²) in [6.45, 7) is 5.54. The molecular formula is C21H18N2O2. The summed E-state index contributed by atoms with van der Waals surface area (Å²) >= 11 is 0. The smallest absolute Gasteiger partial charge is 0.339 e. The molecule has 3 aromatic rings. The highest BCUT2D eigenvalue weighted by atomic mass is 16.6. The summed E-state index contributed by atoms with van der Waals surface area (Å²) in [6, 6.07) is 14.6. The first-order valence-electron chi connectivity index (χ1n) is 7.98. The van der Waals surface area contributed by atoms with E-state index in [0.29, 0.717) is 22.5 Å². The molecule has 124 valence electrons. The van der Waals surface area contributed by atoms with E-state index in [1.54, 1.807) is 24.4 Å². The predicted octanol–water partition coefficient (Wildman–Crippen LogP) is 3.98. The summed E-state index contributed by atoms with van der Waals surface area (Å²) in [5.41, 5.74) is 1.98. The molecular weight excluding hydrogens is 312 g/mol. The Morgan fingerprint density at radius 1 is 0.960 bits per heavy atom. The molecule has 0 saturated carbocycles. The van der Waals surface area contributed by atoms with Crippen LogP contribution >= 0.6 is 0 Å². The molecule has 0 fully saturated rings. The number of carbonyl (C=O) groups excluding carboxylic acids is 1. The summed E-state index contributed by atoms with van der Waals surface area (Å²) < 4.78 is 5.46. The average Bonchev–Trinajstić information content (AvgIpc) is 2.58. The van der Waals surface area contributed by atoms with Gasteiger partial charge in [0.05, 0.1) is 11.1 Å². The molecule has 0 bridgehead atoms. The molecule has 0 amide bonds. The van der Waals surface area contributed by atoms with Crippen LogP contribution in [0.3, 0.4) is 0 Å². The summed E-state index contributed by atoms with van der Waals surface area (Å²) in [4.78, 5) is 21.1. The van der Waals surface area contributed by atoms with Gasteiger partial charge in [0.15, 0.2) is 0 Å². The summed E-state index contributed by atoms with van der Waals surface area (Å²) in [5, 5.41) is 0.750. The van der Waals surface area contributed by atoms with E-state index in [0.717, 1.165) is 5.39 Å². The Morgan fingerprint density at radius 2 is 1.76 bits per heavy atom. The van der Waals surface area contributed by atoms with Gasteiger partial charge in [-0.3, -0.25) is 0 Å². The zero-order valence-corrected chi connectivity index (χ0v) is 14.4. The molecule has 0 atom stereocenters. The lowest BCUT2D eigenvalue weighted by atomic mass is 10.1. The highest BCUT2D eigenvalue weighted by Gasteiger charge is 2.19. The lowest BCUT2D eigenvalue weighted by Gasteiger charge is -2.20. The number of pyridine rings is 2. The van der Waals surface area contributed by atoms with Gasteiger partial charge in [-0.05, 0) is 69.0 Å². The first kappa shape index (κ1) is 16.7. The van der Waals surface area contributed by atoms with Crippen molar-refractivity contribution in [2.24, 2.45) is 0 Å². The van der Waals surface area contributed by atoms with Gasteiger partial charge in [0.1, 0.15) is 17.0 Å². The molecule has 3 rings (SSSR count). The number of hydrogen-bond acceptors (Lipinski definition) is 4. The predicted molar refractivity (Wildman–Crippen MR) is 97.1 cm³/mol. The Hall–Kier alpha value is -3.19. The maximum Gasteiger partial charge on any atom is 0.339 e. The molecule has 0 saturated heterocycles. The van der Waals surface area contributed by atoms with Gasteiger partial charge < -0.3 is 4.74 Å². The summed E-state index contributed by atoms with van der Waals surface area (Å²) in [7, 11) is 0. The zero-order chi connectivity index (χ0) is 17.9. The first-order chi connectivity index (χ1) is 11.9. The van der Waals surface area contributed by atoms with Crippen LogP contribution in [-0.2, 0) is 4.74 Å². The Balaban J connectivity index is 1.95. The van der Waals surface area contributed by atoms with Gasteiger partial charge >= 0.3 is 5.97 Å². The molecule has 0 N–H and O–H groups in total.